The van der Waals surface area contributed by atoms with Crippen LogP contribution in [0.1, 0.15) is 59.8 Å². The van der Waals surface area contributed by atoms with E-state index in [1.807, 2.05) is 24.3 Å². The minimum absolute atomic E-state index is 0.122. The number of hydrogen-bond acceptors (Lipinski definition) is 14. The maximum absolute atomic E-state index is 13.0. The van der Waals surface area contributed by atoms with Gasteiger partial charge < -0.3 is 56.8 Å². The molecule has 57 heavy (non-hydrogen) atoms. The summed E-state index contributed by atoms with van der Waals surface area (Å²) in [5.74, 6) is 2.40. The zero-order chi connectivity index (χ0) is 41.4. The number of hydrogen-bond donors (Lipinski definition) is 0. The number of methoxy groups -OCH3 is 9. The molecule has 0 bridgehead atoms. The topological polar surface area (TPSA) is 145 Å². The first-order valence-electron chi connectivity index (χ1n) is 18.0. The second-order valence-corrected chi connectivity index (χ2v) is 13.0. The number of carbonyl (C=O) groups excluding carboxylic acids is 2. The molecule has 306 valence electrons. The highest BCUT2D eigenvalue weighted by molar-refractivity contribution is 5.68. The Labute approximate surface area is 332 Å². The van der Waals surface area contributed by atoms with E-state index in [1.165, 1.54) is 56.5 Å². The van der Waals surface area contributed by atoms with Crippen LogP contribution in [0.3, 0.4) is 0 Å². The molecule has 0 N–H and O–H groups in total. The molecule has 5 rings (SSSR count). The van der Waals surface area contributed by atoms with Gasteiger partial charge in [0.1, 0.15) is 41.0 Å². The predicted molar refractivity (Wildman–Crippen MR) is 208 cm³/mol. The maximum Gasteiger partial charge on any atom is 0.303 e. The van der Waals surface area contributed by atoms with Crippen molar-refractivity contribution in [3.63, 3.8) is 0 Å². The van der Waals surface area contributed by atoms with Gasteiger partial charge >= 0.3 is 11.9 Å². The highest BCUT2D eigenvalue weighted by atomic mass is 16.6. The Kier molecular flexibility index (Phi) is 13.9. The smallest absolute Gasteiger partial charge is 0.303 e. The minimum atomic E-state index is -0.948. The fraction of sp³-hybridized carbons (Fsp3) is 0.395. The molecule has 1 aliphatic rings. The van der Waals surface area contributed by atoms with Crippen molar-refractivity contribution < 1.29 is 66.4 Å². The Bertz CT molecular complexity index is 2020. The van der Waals surface area contributed by atoms with E-state index < -0.39 is 42.3 Å². The van der Waals surface area contributed by atoms with Crippen LogP contribution in [0.15, 0.2) is 60.7 Å². The van der Waals surface area contributed by atoms with Gasteiger partial charge in [-0.3, -0.25) is 9.59 Å². The minimum Gasteiger partial charge on any atom is -0.496 e. The molecule has 4 aromatic carbocycles. The van der Waals surface area contributed by atoms with E-state index in [2.05, 4.69) is 0 Å². The summed E-state index contributed by atoms with van der Waals surface area (Å²) >= 11 is 0. The third kappa shape index (κ3) is 8.86. The lowest BCUT2D eigenvalue weighted by Crippen LogP contribution is -2.39. The lowest BCUT2D eigenvalue weighted by atomic mass is 9.80. The molecular weight excluding hydrogens is 740 g/mol. The fourth-order valence-corrected chi connectivity index (χ4v) is 7.30. The quantitative estimate of drug-likeness (QED) is 0.103. The van der Waals surface area contributed by atoms with E-state index in [-0.39, 0.29) is 6.42 Å². The van der Waals surface area contributed by atoms with Crippen molar-refractivity contribution in [1.82, 2.24) is 0 Å². The standard InChI is InChI=1S/C43H50O14/c1-23(44)55-39(21-28-33(49-6)18-27(46-3)19-34(28)50-7)40(25-12-14-31(47-4)37(16-25)52-9)29-20-30-36(22-35(29)51-8)57-41(43(42(30)54-11)56-24(2)45)26-13-15-32(48-5)38(17-26)53-10/h12-20,22,39-43H,21H2,1-11H3. The molecule has 0 spiro atoms. The van der Waals surface area contributed by atoms with Gasteiger partial charge in [-0.15, -0.1) is 0 Å². The van der Waals surface area contributed by atoms with Crippen molar-refractivity contribution in [2.75, 3.05) is 64.0 Å². The normalized spacial score (nSPS) is 16.8. The van der Waals surface area contributed by atoms with Gasteiger partial charge in [-0.2, -0.15) is 0 Å². The van der Waals surface area contributed by atoms with Gasteiger partial charge in [-0.05, 0) is 35.9 Å². The predicted octanol–water partition coefficient (Wildman–Crippen LogP) is 6.81. The van der Waals surface area contributed by atoms with Crippen LogP contribution in [0.4, 0.5) is 0 Å². The van der Waals surface area contributed by atoms with Crippen LogP contribution in [0.25, 0.3) is 0 Å². The number of ether oxygens (including phenoxy) is 12. The molecule has 0 saturated carbocycles. The van der Waals surface area contributed by atoms with Crippen molar-refractivity contribution in [2.45, 2.75) is 50.6 Å². The molecule has 5 unspecified atom stereocenters. The Hall–Kier alpha value is -6.02. The summed E-state index contributed by atoms with van der Waals surface area (Å²) < 4.78 is 70.6. The molecule has 0 saturated heterocycles. The van der Waals surface area contributed by atoms with E-state index in [0.29, 0.717) is 79.6 Å². The summed E-state index contributed by atoms with van der Waals surface area (Å²) in [6, 6.07) is 17.9. The second-order valence-electron chi connectivity index (χ2n) is 13.0. The van der Waals surface area contributed by atoms with Crippen molar-refractivity contribution in [1.29, 1.82) is 0 Å². The number of benzene rings is 4. The average Bonchev–Trinajstić information content (AvgIpc) is 3.22. The Morgan fingerprint density at radius 1 is 0.614 bits per heavy atom. The first-order valence-corrected chi connectivity index (χ1v) is 18.0. The van der Waals surface area contributed by atoms with Crippen LogP contribution in [0, 0.1) is 0 Å². The average molecular weight is 791 g/mol. The largest absolute Gasteiger partial charge is 0.496 e. The molecule has 0 fully saturated rings. The van der Waals surface area contributed by atoms with Gasteiger partial charge in [0.25, 0.3) is 0 Å². The molecule has 14 nitrogen and oxygen atoms in total. The van der Waals surface area contributed by atoms with Crippen LogP contribution in [-0.2, 0) is 30.2 Å². The summed E-state index contributed by atoms with van der Waals surface area (Å²) in [5, 5.41) is 0. The summed E-state index contributed by atoms with van der Waals surface area (Å²) in [7, 11) is 13.9. The first-order chi connectivity index (χ1) is 27.5. The van der Waals surface area contributed by atoms with E-state index >= 15 is 0 Å². The third-order valence-corrected chi connectivity index (χ3v) is 9.82. The molecule has 1 aliphatic heterocycles. The molecule has 14 heteroatoms. The van der Waals surface area contributed by atoms with Crippen molar-refractivity contribution in [3.8, 4) is 51.7 Å². The molecule has 5 atom stereocenters. The van der Waals surface area contributed by atoms with Gasteiger partial charge in [-0.25, -0.2) is 0 Å². The maximum atomic E-state index is 13.0. The first kappa shape index (κ1) is 42.1. The highest BCUT2D eigenvalue weighted by Gasteiger charge is 2.44. The lowest BCUT2D eigenvalue weighted by molar-refractivity contribution is -0.167. The second kappa shape index (κ2) is 18.7. The van der Waals surface area contributed by atoms with E-state index in [4.69, 9.17) is 56.8 Å². The van der Waals surface area contributed by atoms with Crippen molar-refractivity contribution in [2.24, 2.45) is 0 Å². The number of rotatable bonds is 17. The zero-order valence-electron chi connectivity index (χ0n) is 34.1. The van der Waals surface area contributed by atoms with Gasteiger partial charge in [0, 0.05) is 67.8 Å². The van der Waals surface area contributed by atoms with Crippen LogP contribution in [-0.4, -0.2) is 88.1 Å². The monoisotopic (exact) mass is 790 g/mol. The summed E-state index contributed by atoms with van der Waals surface area (Å²) in [4.78, 5) is 25.7. The molecule has 0 aromatic heterocycles. The van der Waals surface area contributed by atoms with E-state index in [9.17, 15) is 9.59 Å². The molecule has 4 aromatic rings. The van der Waals surface area contributed by atoms with Gasteiger partial charge in [-0.1, -0.05) is 12.1 Å². The van der Waals surface area contributed by atoms with Crippen LogP contribution >= 0.6 is 0 Å². The van der Waals surface area contributed by atoms with E-state index in [1.54, 1.807) is 57.7 Å². The zero-order valence-corrected chi connectivity index (χ0v) is 34.1. The summed E-state index contributed by atoms with van der Waals surface area (Å²) in [6.07, 6.45) is -3.39. The van der Waals surface area contributed by atoms with Gasteiger partial charge in [0.05, 0.1) is 62.8 Å². The number of fused-ring (bicyclic) bond motifs is 1. The van der Waals surface area contributed by atoms with Crippen molar-refractivity contribution in [3.05, 3.63) is 88.5 Å². The van der Waals surface area contributed by atoms with Crippen molar-refractivity contribution >= 4 is 11.9 Å². The SMILES string of the molecule is COc1cc(OC)c(CC(OC(C)=O)C(c2ccc(OC)c(OC)c2)c2cc3c(cc2OC)OC(c2ccc(OC)c(OC)c2)C(OC(C)=O)C3OC)c(OC)c1. The number of esters is 2. The molecule has 1 heterocycles. The molecule has 0 aliphatic carbocycles. The lowest BCUT2D eigenvalue weighted by Gasteiger charge is -2.39. The van der Waals surface area contributed by atoms with Crippen LogP contribution in [0.2, 0.25) is 0 Å². The van der Waals surface area contributed by atoms with E-state index in [0.717, 1.165) is 0 Å². The Morgan fingerprint density at radius 3 is 1.72 bits per heavy atom. The number of carbonyl (C=O) groups is 2. The Morgan fingerprint density at radius 2 is 1.19 bits per heavy atom. The third-order valence-electron chi connectivity index (χ3n) is 9.82. The summed E-state index contributed by atoms with van der Waals surface area (Å²) in [5.41, 5.74) is 3.12. The Balaban J connectivity index is 1.77. The fourth-order valence-electron chi connectivity index (χ4n) is 7.30. The molecule has 0 radical (unpaired) electrons. The van der Waals surface area contributed by atoms with Crippen LogP contribution in [0.5, 0.6) is 51.7 Å². The van der Waals surface area contributed by atoms with Gasteiger partial charge in [0.15, 0.2) is 35.2 Å². The van der Waals surface area contributed by atoms with Gasteiger partial charge in [0.2, 0.25) is 0 Å². The van der Waals surface area contributed by atoms with Crippen LogP contribution < -0.4 is 42.6 Å². The summed E-state index contributed by atoms with van der Waals surface area (Å²) in [6.45, 7) is 2.67. The highest BCUT2D eigenvalue weighted by Crippen LogP contribution is 2.51. The molecule has 0 amide bonds. The molecular formula is C43H50O14.